The summed E-state index contributed by atoms with van der Waals surface area (Å²) in [5.74, 6) is 0.466. The third kappa shape index (κ3) is 3.07. The fourth-order valence-corrected chi connectivity index (χ4v) is 2.14. The molecule has 0 bridgehead atoms. The number of hydrogen-bond acceptors (Lipinski definition) is 3. The number of nitrogens with one attached hydrogen (secondary N) is 1. The molecular formula is C14H19NO2. The minimum Gasteiger partial charge on any atom is -0.459 e. The predicted octanol–water partition coefficient (Wildman–Crippen LogP) is 2.15. The normalized spacial score (nSPS) is 22.9. The molecule has 1 aliphatic carbocycles. The number of benzene rings is 1. The van der Waals surface area contributed by atoms with Gasteiger partial charge in [0.25, 0.3) is 0 Å². The summed E-state index contributed by atoms with van der Waals surface area (Å²) in [6.07, 6.45) is 2.08. The minimum absolute atomic E-state index is 0.113. The highest BCUT2D eigenvalue weighted by atomic mass is 16.5. The molecule has 2 rings (SSSR count). The van der Waals surface area contributed by atoms with E-state index in [0.29, 0.717) is 11.5 Å². The molecule has 0 aliphatic heterocycles. The molecule has 3 nitrogen and oxygen atoms in total. The first kappa shape index (κ1) is 12.1. The molecule has 92 valence electrons. The first-order valence-corrected chi connectivity index (χ1v) is 6.11. The molecule has 1 aromatic carbocycles. The number of ether oxygens (including phenoxy) is 1. The lowest BCUT2D eigenvalue weighted by molar-refractivity contribution is -0.0103. The highest BCUT2D eigenvalue weighted by Crippen LogP contribution is 2.30. The molecule has 0 amide bonds. The Bertz CT molecular complexity index is 380. The van der Waals surface area contributed by atoms with Gasteiger partial charge in [0.15, 0.2) is 0 Å². The van der Waals surface area contributed by atoms with Crippen LogP contribution in [0.2, 0.25) is 0 Å². The van der Waals surface area contributed by atoms with E-state index in [9.17, 15) is 4.79 Å². The molecule has 1 aliphatic rings. The largest absolute Gasteiger partial charge is 0.459 e. The standard InChI is InChI=1S/C14H19NO2/c1-10-3-5-12(6-4-10)14(16)17-13-7-11(8-13)9-15-2/h3-6,11,13,15H,7-9H2,1-2H3. The maximum atomic E-state index is 11.8. The van der Waals surface area contributed by atoms with E-state index in [1.165, 1.54) is 0 Å². The molecule has 0 heterocycles. The van der Waals surface area contributed by atoms with Gasteiger partial charge in [-0.2, -0.15) is 0 Å². The van der Waals surface area contributed by atoms with Crippen molar-refractivity contribution in [3.8, 4) is 0 Å². The number of hydrogen-bond donors (Lipinski definition) is 1. The van der Waals surface area contributed by atoms with Gasteiger partial charge in [-0.05, 0) is 51.4 Å². The Kier molecular flexibility index (Phi) is 3.79. The van der Waals surface area contributed by atoms with E-state index in [1.807, 2.05) is 38.2 Å². The van der Waals surface area contributed by atoms with Crippen LogP contribution in [-0.2, 0) is 4.74 Å². The summed E-state index contributed by atoms with van der Waals surface area (Å²) >= 11 is 0. The fourth-order valence-electron chi connectivity index (χ4n) is 2.14. The van der Waals surface area contributed by atoms with Crippen molar-refractivity contribution >= 4 is 5.97 Å². The Morgan fingerprint density at radius 1 is 1.35 bits per heavy atom. The molecule has 1 aromatic rings. The van der Waals surface area contributed by atoms with Crippen LogP contribution in [0.3, 0.4) is 0 Å². The molecule has 0 radical (unpaired) electrons. The lowest BCUT2D eigenvalue weighted by Crippen LogP contribution is -2.38. The van der Waals surface area contributed by atoms with Gasteiger partial charge in [-0.25, -0.2) is 4.79 Å². The van der Waals surface area contributed by atoms with Crippen LogP contribution in [0.4, 0.5) is 0 Å². The predicted molar refractivity (Wildman–Crippen MR) is 67.0 cm³/mol. The van der Waals surface area contributed by atoms with Crippen molar-refractivity contribution in [3.63, 3.8) is 0 Å². The SMILES string of the molecule is CNCC1CC(OC(=O)c2ccc(C)cc2)C1. The highest BCUT2D eigenvalue weighted by Gasteiger charge is 2.31. The Balaban J connectivity index is 1.81. The summed E-state index contributed by atoms with van der Waals surface area (Å²) < 4.78 is 5.42. The van der Waals surface area contributed by atoms with Crippen molar-refractivity contribution in [2.75, 3.05) is 13.6 Å². The van der Waals surface area contributed by atoms with E-state index in [1.54, 1.807) is 0 Å². The number of carbonyl (C=O) groups is 1. The van der Waals surface area contributed by atoms with Crippen molar-refractivity contribution < 1.29 is 9.53 Å². The molecule has 0 atom stereocenters. The van der Waals surface area contributed by atoms with Gasteiger partial charge in [0.1, 0.15) is 6.10 Å². The van der Waals surface area contributed by atoms with E-state index in [-0.39, 0.29) is 12.1 Å². The molecule has 0 saturated heterocycles. The van der Waals surface area contributed by atoms with Gasteiger partial charge < -0.3 is 10.1 Å². The quantitative estimate of drug-likeness (QED) is 0.810. The van der Waals surface area contributed by atoms with Crippen LogP contribution in [0.15, 0.2) is 24.3 Å². The van der Waals surface area contributed by atoms with E-state index < -0.39 is 0 Å². The summed E-state index contributed by atoms with van der Waals surface area (Å²) in [6.45, 7) is 3.02. The molecule has 0 spiro atoms. The Morgan fingerprint density at radius 2 is 2.00 bits per heavy atom. The van der Waals surface area contributed by atoms with Crippen molar-refractivity contribution in [3.05, 3.63) is 35.4 Å². The van der Waals surface area contributed by atoms with Crippen LogP contribution in [-0.4, -0.2) is 25.7 Å². The third-order valence-electron chi connectivity index (χ3n) is 3.25. The maximum Gasteiger partial charge on any atom is 0.338 e. The second-order valence-corrected chi connectivity index (χ2v) is 4.79. The number of carbonyl (C=O) groups excluding carboxylic acids is 1. The van der Waals surface area contributed by atoms with Gasteiger partial charge >= 0.3 is 5.97 Å². The Labute approximate surface area is 102 Å². The number of rotatable bonds is 4. The van der Waals surface area contributed by atoms with E-state index >= 15 is 0 Å². The highest BCUT2D eigenvalue weighted by molar-refractivity contribution is 5.89. The smallest absolute Gasteiger partial charge is 0.338 e. The van der Waals surface area contributed by atoms with E-state index in [2.05, 4.69) is 5.32 Å². The summed E-state index contributed by atoms with van der Waals surface area (Å²) in [7, 11) is 1.95. The van der Waals surface area contributed by atoms with Gasteiger partial charge in [0.2, 0.25) is 0 Å². The van der Waals surface area contributed by atoms with Crippen molar-refractivity contribution in [1.82, 2.24) is 5.32 Å². The molecule has 0 unspecified atom stereocenters. The average molecular weight is 233 g/mol. The zero-order valence-corrected chi connectivity index (χ0v) is 10.4. The molecule has 3 heteroatoms. The first-order chi connectivity index (χ1) is 8.19. The first-order valence-electron chi connectivity index (χ1n) is 6.11. The van der Waals surface area contributed by atoms with Crippen LogP contribution < -0.4 is 5.32 Å². The summed E-state index contributed by atoms with van der Waals surface area (Å²) in [5, 5.41) is 3.14. The van der Waals surface area contributed by atoms with E-state index in [4.69, 9.17) is 4.74 Å². The zero-order valence-electron chi connectivity index (χ0n) is 10.4. The van der Waals surface area contributed by atoms with Crippen LogP contribution in [0, 0.1) is 12.8 Å². The molecule has 0 aromatic heterocycles. The average Bonchev–Trinajstić information content (AvgIpc) is 2.27. The molecule has 1 N–H and O–H groups in total. The lowest BCUT2D eigenvalue weighted by atomic mass is 9.82. The van der Waals surface area contributed by atoms with Crippen LogP contribution in [0.5, 0.6) is 0 Å². The van der Waals surface area contributed by atoms with Crippen LogP contribution in [0.25, 0.3) is 0 Å². The van der Waals surface area contributed by atoms with Gasteiger partial charge in [-0.1, -0.05) is 17.7 Å². The van der Waals surface area contributed by atoms with Crippen molar-refractivity contribution in [2.45, 2.75) is 25.9 Å². The van der Waals surface area contributed by atoms with Crippen molar-refractivity contribution in [2.24, 2.45) is 5.92 Å². The lowest BCUT2D eigenvalue weighted by Gasteiger charge is -2.34. The molecular weight excluding hydrogens is 214 g/mol. The topological polar surface area (TPSA) is 38.3 Å². The molecule has 1 saturated carbocycles. The second kappa shape index (κ2) is 5.32. The number of aryl methyl sites for hydroxylation is 1. The third-order valence-corrected chi connectivity index (χ3v) is 3.25. The molecule has 1 fully saturated rings. The van der Waals surface area contributed by atoms with Crippen LogP contribution in [0.1, 0.15) is 28.8 Å². The van der Waals surface area contributed by atoms with E-state index in [0.717, 1.165) is 24.9 Å². The van der Waals surface area contributed by atoms with Gasteiger partial charge in [0, 0.05) is 0 Å². The summed E-state index contributed by atoms with van der Waals surface area (Å²) in [6, 6.07) is 7.51. The monoisotopic (exact) mass is 233 g/mol. The van der Waals surface area contributed by atoms with Crippen molar-refractivity contribution in [1.29, 1.82) is 0 Å². The summed E-state index contributed by atoms with van der Waals surface area (Å²) in [5.41, 5.74) is 1.80. The Morgan fingerprint density at radius 3 is 2.59 bits per heavy atom. The second-order valence-electron chi connectivity index (χ2n) is 4.79. The molecule has 17 heavy (non-hydrogen) atoms. The Hall–Kier alpha value is -1.35. The number of esters is 1. The van der Waals surface area contributed by atoms with Crippen LogP contribution >= 0.6 is 0 Å². The maximum absolute atomic E-state index is 11.8. The van der Waals surface area contributed by atoms with Gasteiger partial charge in [-0.15, -0.1) is 0 Å². The van der Waals surface area contributed by atoms with Gasteiger partial charge in [0.05, 0.1) is 5.56 Å². The zero-order chi connectivity index (χ0) is 12.3. The minimum atomic E-state index is -0.196. The fraction of sp³-hybridized carbons (Fsp3) is 0.500. The summed E-state index contributed by atoms with van der Waals surface area (Å²) in [4.78, 5) is 11.8. The van der Waals surface area contributed by atoms with Gasteiger partial charge in [-0.3, -0.25) is 0 Å².